The van der Waals surface area contributed by atoms with E-state index in [-0.39, 0.29) is 0 Å². The molecule has 0 aliphatic carbocycles. The average Bonchev–Trinajstić information content (AvgIpc) is 3.18. The Labute approximate surface area is 178 Å². The molecule has 156 valence electrons. The first-order valence-corrected chi connectivity index (χ1v) is 11.7. The Kier molecular flexibility index (Phi) is 7.00. The second kappa shape index (κ2) is 10.1. The van der Waals surface area contributed by atoms with Gasteiger partial charge in [0, 0.05) is 44.3 Å². The highest BCUT2D eigenvalue weighted by Crippen LogP contribution is 2.19. The molecule has 1 aromatic heterocycles. The van der Waals surface area contributed by atoms with Crippen molar-refractivity contribution >= 4 is 22.4 Å². The van der Waals surface area contributed by atoms with Gasteiger partial charge in [0.25, 0.3) is 0 Å². The van der Waals surface area contributed by atoms with E-state index < -0.39 is 0 Å². The fraction of sp³-hybridized carbons (Fsp3) is 0.545. The molecule has 3 heterocycles. The lowest BCUT2D eigenvalue weighted by molar-refractivity contribution is 0.277. The van der Waals surface area contributed by atoms with Gasteiger partial charge in [-0.3, -0.25) is 4.90 Å². The van der Waals surface area contributed by atoms with Crippen molar-refractivity contribution in [3.63, 3.8) is 0 Å². The van der Waals surface area contributed by atoms with Crippen LogP contribution in [0, 0.1) is 0 Å². The summed E-state index contributed by atoms with van der Waals surface area (Å²) in [6, 6.07) is 8.84. The molecule has 0 bridgehead atoms. The third-order valence-electron chi connectivity index (χ3n) is 5.81. The van der Waals surface area contributed by atoms with Crippen LogP contribution in [0.4, 0.5) is 5.13 Å². The number of rotatable bonds is 5. The molecule has 0 saturated carbocycles. The highest BCUT2D eigenvalue weighted by atomic mass is 32.1. The molecule has 1 aromatic carbocycles. The van der Waals surface area contributed by atoms with Crippen molar-refractivity contribution in [2.45, 2.75) is 38.8 Å². The predicted octanol–water partition coefficient (Wildman–Crippen LogP) is 3.16. The fourth-order valence-electron chi connectivity index (χ4n) is 4.15. The second-order valence-electron chi connectivity index (χ2n) is 7.97. The minimum Gasteiger partial charge on any atom is -0.370 e. The van der Waals surface area contributed by atoms with E-state index in [2.05, 4.69) is 48.9 Å². The van der Waals surface area contributed by atoms with Crippen molar-refractivity contribution in [1.29, 1.82) is 0 Å². The standard InChI is InChI=1S/C22H32N6S/c23-21(27-11-13-28(14-12-27)22-24-8-15-29-22)25-17-19-6-5-7-20(16-19)18-26-9-3-1-2-4-10-26/h5-8,15-16H,1-4,9-14,17-18H2,(H2,23,25). The minimum absolute atomic E-state index is 0.645. The lowest BCUT2D eigenvalue weighted by atomic mass is 10.1. The van der Waals surface area contributed by atoms with E-state index in [1.54, 1.807) is 11.3 Å². The van der Waals surface area contributed by atoms with Gasteiger partial charge in [-0.25, -0.2) is 9.98 Å². The van der Waals surface area contributed by atoms with E-state index in [1.165, 1.54) is 49.9 Å². The molecular weight excluding hydrogens is 380 g/mol. The third-order valence-corrected chi connectivity index (χ3v) is 6.65. The Morgan fingerprint density at radius 3 is 2.48 bits per heavy atom. The smallest absolute Gasteiger partial charge is 0.191 e. The van der Waals surface area contributed by atoms with Crippen LogP contribution in [0.2, 0.25) is 0 Å². The van der Waals surface area contributed by atoms with E-state index in [0.717, 1.165) is 37.9 Å². The van der Waals surface area contributed by atoms with Gasteiger partial charge in [0.2, 0.25) is 0 Å². The predicted molar refractivity (Wildman–Crippen MR) is 121 cm³/mol. The molecule has 2 N–H and O–H groups in total. The lowest BCUT2D eigenvalue weighted by Crippen LogP contribution is -2.51. The number of anilines is 1. The van der Waals surface area contributed by atoms with Crippen LogP contribution in [0.15, 0.2) is 40.8 Å². The van der Waals surface area contributed by atoms with Crippen LogP contribution >= 0.6 is 11.3 Å². The first kappa shape index (κ1) is 20.2. The summed E-state index contributed by atoms with van der Waals surface area (Å²) < 4.78 is 0. The zero-order valence-electron chi connectivity index (χ0n) is 17.2. The van der Waals surface area contributed by atoms with Crippen LogP contribution in [-0.2, 0) is 13.1 Å². The number of aliphatic imine (C=N–C) groups is 1. The van der Waals surface area contributed by atoms with Crippen LogP contribution in [0.5, 0.6) is 0 Å². The molecule has 0 unspecified atom stereocenters. The van der Waals surface area contributed by atoms with E-state index in [9.17, 15) is 0 Å². The lowest BCUT2D eigenvalue weighted by Gasteiger charge is -2.35. The molecule has 29 heavy (non-hydrogen) atoms. The van der Waals surface area contributed by atoms with Crippen LogP contribution < -0.4 is 10.6 Å². The minimum atomic E-state index is 0.645. The Morgan fingerprint density at radius 2 is 1.76 bits per heavy atom. The number of nitrogens with two attached hydrogens (primary N) is 1. The zero-order chi connectivity index (χ0) is 19.9. The van der Waals surface area contributed by atoms with Crippen LogP contribution in [0.25, 0.3) is 0 Å². The maximum Gasteiger partial charge on any atom is 0.191 e. The number of thiazole rings is 1. The number of benzene rings is 1. The number of nitrogens with zero attached hydrogens (tertiary/aromatic N) is 5. The zero-order valence-corrected chi connectivity index (χ0v) is 18.0. The largest absolute Gasteiger partial charge is 0.370 e. The number of likely N-dealkylation sites (tertiary alicyclic amines) is 1. The summed E-state index contributed by atoms with van der Waals surface area (Å²) in [5.41, 5.74) is 8.92. The fourth-order valence-corrected chi connectivity index (χ4v) is 4.85. The summed E-state index contributed by atoms with van der Waals surface area (Å²) in [5.74, 6) is 0.654. The topological polar surface area (TPSA) is 61.0 Å². The molecular formula is C22H32N6S. The summed E-state index contributed by atoms with van der Waals surface area (Å²) in [4.78, 5) is 16.2. The Hall–Kier alpha value is -2.12. The van der Waals surface area contributed by atoms with E-state index in [0.29, 0.717) is 12.5 Å². The van der Waals surface area contributed by atoms with Gasteiger partial charge >= 0.3 is 0 Å². The SMILES string of the molecule is NC(=NCc1cccc(CN2CCCCCC2)c1)N1CCN(c2nccs2)CC1. The van der Waals surface area contributed by atoms with Gasteiger partial charge in [-0.05, 0) is 37.1 Å². The molecule has 2 aliphatic heterocycles. The van der Waals surface area contributed by atoms with E-state index in [1.807, 2.05) is 11.6 Å². The van der Waals surface area contributed by atoms with Crippen molar-refractivity contribution in [2.24, 2.45) is 10.7 Å². The van der Waals surface area contributed by atoms with E-state index in [4.69, 9.17) is 5.73 Å². The molecule has 7 heteroatoms. The molecule has 2 saturated heterocycles. The summed E-state index contributed by atoms with van der Waals surface area (Å²) in [6.45, 7) is 7.81. The molecule has 6 nitrogen and oxygen atoms in total. The van der Waals surface area contributed by atoms with Gasteiger partial charge < -0.3 is 15.5 Å². The molecule has 0 radical (unpaired) electrons. The summed E-state index contributed by atoms with van der Waals surface area (Å²) >= 11 is 1.69. The highest BCUT2D eigenvalue weighted by molar-refractivity contribution is 7.13. The quantitative estimate of drug-likeness (QED) is 0.604. The van der Waals surface area contributed by atoms with Crippen molar-refractivity contribution in [2.75, 3.05) is 44.2 Å². The molecule has 2 aromatic rings. The van der Waals surface area contributed by atoms with Crippen molar-refractivity contribution in [1.82, 2.24) is 14.8 Å². The normalized spacial score (nSPS) is 19.4. The summed E-state index contributed by atoms with van der Waals surface area (Å²) in [7, 11) is 0. The van der Waals surface area contributed by atoms with Crippen molar-refractivity contribution < 1.29 is 0 Å². The van der Waals surface area contributed by atoms with Crippen LogP contribution in [0.1, 0.15) is 36.8 Å². The van der Waals surface area contributed by atoms with Gasteiger partial charge in [0.15, 0.2) is 11.1 Å². The van der Waals surface area contributed by atoms with Gasteiger partial charge in [0.1, 0.15) is 0 Å². The Bertz CT molecular complexity index is 774. The number of hydrogen-bond donors (Lipinski definition) is 1. The van der Waals surface area contributed by atoms with Crippen molar-refractivity contribution in [3.05, 3.63) is 47.0 Å². The van der Waals surface area contributed by atoms with Gasteiger partial charge in [-0.2, -0.15) is 0 Å². The third kappa shape index (κ3) is 5.70. The number of hydrogen-bond acceptors (Lipinski definition) is 5. The molecule has 0 spiro atoms. The second-order valence-corrected chi connectivity index (χ2v) is 8.85. The maximum atomic E-state index is 6.30. The molecule has 4 rings (SSSR count). The summed E-state index contributed by atoms with van der Waals surface area (Å²) in [6.07, 6.45) is 7.28. The van der Waals surface area contributed by atoms with Crippen LogP contribution in [-0.4, -0.2) is 60.0 Å². The number of guanidine groups is 1. The van der Waals surface area contributed by atoms with Crippen molar-refractivity contribution in [3.8, 4) is 0 Å². The van der Waals surface area contributed by atoms with Gasteiger partial charge in [-0.15, -0.1) is 11.3 Å². The van der Waals surface area contributed by atoms with Gasteiger partial charge in [0.05, 0.1) is 6.54 Å². The Morgan fingerprint density at radius 1 is 1.00 bits per heavy atom. The summed E-state index contributed by atoms with van der Waals surface area (Å²) in [5, 5.41) is 3.12. The van der Waals surface area contributed by atoms with E-state index >= 15 is 0 Å². The monoisotopic (exact) mass is 412 g/mol. The first-order valence-electron chi connectivity index (χ1n) is 10.8. The highest BCUT2D eigenvalue weighted by Gasteiger charge is 2.19. The molecule has 0 amide bonds. The Balaban J connectivity index is 1.29. The first-order chi connectivity index (χ1) is 14.3. The molecule has 2 aliphatic rings. The molecule has 2 fully saturated rings. The van der Waals surface area contributed by atoms with Gasteiger partial charge in [-0.1, -0.05) is 37.1 Å². The maximum absolute atomic E-state index is 6.30. The van der Waals surface area contributed by atoms with Crippen LogP contribution in [0.3, 0.4) is 0 Å². The average molecular weight is 413 g/mol. The number of piperazine rings is 1. The molecule has 0 atom stereocenters. The number of aromatic nitrogens is 1.